The van der Waals surface area contributed by atoms with Crippen molar-refractivity contribution in [3.8, 4) is 0 Å². The zero-order chi connectivity index (χ0) is 53.0. The first-order chi connectivity index (χ1) is 34.4. The van der Waals surface area contributed by atoms with Gasteiger partial charge in [-0.05, 0) is 56.9 Å². The number of carbonyl (C=O) groups is 2. The summed E-state index contributed by atoms with van der Waals surface area (Å²) < 4.78 is 56.6. The van der Waals surface area contributed by atoms with Crippen LogP contribution in [0.1, 0.15) is 155 Å². The van der Waals surface area contributed by atoms with Gasteiger partial charge in [-0.1, -0.05) is 164 Å². The van der Waals surface area contributed by atoms with Gasteiger partial charge in [0.05, 0.1) is 19.3 Å². The lowest BCUT2D eigenvalue weighted by atomic mass is 10.0. The Morgan fingerprint density at radius 3 is 1.89 bits per heavy atom. The fraction of sp³-hybridized carbons (Fsp3) is 0.647. The normalized spacial score (nSPS) is 20.2. The molecule has 0 saturated carbocycles. The number of nitrogen functional groups attached to an aromatic ring is 1. The predicted molar refractivity (Wildman–Crippen MR) is 276 cm³/mol. The van der Waals surface area contributed by atoms with E-state index in [4.69, 9.17) is 29.0 Å². The van der Waals surface area contributed by atoms with Gasteiger partial charge < -0.3 is 45.1 Å². The van der Waals surface area contributed by atoms with E-state index in [2.05, 4.69) is 72.6 Å². The minimum Gasteiger partial charge on any atom is -0.462 e. The summed E-state index contributed by atoms with van der Waals surface area (Å²) in [5.74, 6) is -0.846. The van der Waals surface area contributed by atoms with E-state index in [1.807, 2.05) is 12.2 Å². The number of esters is 2. The van der Waals surface area contributed by atoms with Crippen LogP contribution in [0.15, 0.2) is 90.0 Å². The molecule has 1 aromatic heterocycles. The molecule has 408 valence electrons. The van der Waals surface area contributed by atoms with Gasteiger partial charge >= 0.3 is 33.3 Å². The number of unbranched alkanes of at least 4 members (excludes halogenated alkanes) is 10. The van der Waals surface area contributed by atoms with E-state index in [1.54, 1.807) is 12.2 Å². The van der Waals surface area contributed by atoms with Gasteiger partial charge in [-0.3, -0.25) is 23.2 Å². The van der Waals surface area contributed by atoms with Crippen molar-refractivity contribution in [2.75, 3.05) is 25.6 Å². The number of aliphatic hydroxyl groups excluding tert-OH is 3. The molecule has 3 unspecified atom stereocenters. The molecular weight excluding hydrogens is 973 g/mol. The van der Waals surface area contributed by atoms with Crippen LogP contribution >= 0.6 is 15.6 Å². The fourth-order valence-electron chi connectivity index (χ4n) is 7.14. The van der Waals surface area contributed by atoms with Gasteiger partial charge in [0.15, 0.2) is 12.3 Å². The summed E-state index contributed by atoms with van der Waals surface area (Å²) in [5, 5.41) is 31.3. The average Bonchev–Trinajstić information content (AvgIpc) is 3.60. The summed E-state index contributed by atoms with van der Waals surface area (Å²) in [7, 11) is -10.9. The molecule has 2 heterocycles. The van der Waals surface area contributed by atoms with Gasteiger partial charge in [0.2, 0.25) is 0 Å². The third kappa shape index (κ3) is 31.0. The second-order valence-corrected chi connectivity index (χ2v) is 21.0. The maximum absolute atomic E-state index is 12.9. The van der Waals surface area contributed by atoms with E-state index in [1.165, 1.54) is 57.1 Å². The van der Waals surface area contributed by atoms with Gasteiger partial charge in [-0.25, -0.2) is 13.9 Å². The quantitative estimate of drug-likeness (QED) is 0.0117. The standard InChI is InChI=1S/C51H83N3O16P2/c1-4-5-6-7-8-9-10-11-12-13-14-17-20-23-26-29-32-42(55)34-35-46(56)65-38-43(68-47(57)33-30-27-24-21-18-15-16-19-22-25-28-31-41(2)3)39-66-71(61,62)70-72(63,64)67-40-44-48(58)49(59)50(69-44)54-37-36-45(52)53-51(54)60/h5-6,8-9,11-12,14,17,23,26,29,32,36-37,41-44,48-50,55,58-59H,4,7,10,13,15-16,18-22,24-25,27-28,30-31,33-35,38-40H2,1-3H3,(H,61,62)(H,63,64)(H2,52,53,60)/b6-5-,9-8-,12-11-,17-14-,26-23-,32-29-/t42?,43-,44-,48-,49-,50-/m1/s1. The van der Waals surface area contributed by atoms with E-state index >= 15 is 0 Å². The second-order valence-electron chi connectivity index (χ2n) is 18.0. The monoisotopic (exact) mass is 1060 g/mol. The number of phosphoric ester groups is 2. The largest absolute Gasteiger partial charge is 0.481 e. The maximum Gasteiger partial charge on any atom is 0.481 e. The summed E-state index contributed by atoms with van der Waals surface area (Å²) in [5.41, 5.74) is 4.57. The Balaban J connectivity index is 1.86. The Labute approximate surface area is 426 Å². The zero-order valence-corrected chi connectivity index (χ0v) is 44.3. The van der Waals surface area contributed by atoms with E-state index in [9.17, 15) is 48.6 Å². The first-order valence-electron chi connectivity index (χ1n) is 25.4. The van der Waals surface area contributed by atoms with Crippen molar-refractivity contribution >= 4 is 33.4 Å². The molecule has 1 aliphatic heterocycles. The number of nitrogens with zero attached hydrogens (tertiary/aromatic N) is 2. The first-order valence-corrected chi connectivity index (χ1v) is 28.4. The van der Waals surface area contributed by atoms with Gasteiger partial charge in [0.1, 0.15) is 30.7 Å². The molecule has 1 saturated heterocycles. The molecule has 72 heavy (non-hydrogen) atoms. The molecule has 0 aliphatic carbocycles. The third-order valence-electron chi connectivity index (χ3n) is 11.1. The van der Waals surface area contributed by atoms with E-state index < -0.39 is 89.8 Å². The molecule has 7 N–H and O–H groups in total. The first kappa shape index (κ1) is 64.3. The number of hydrogen-bond donors (Lipinski definition) is 6. The number of ether oxygens (including phenoxy) is 3. The lowest BCUT2D eigenvalue weighted by molar-refractivity contribution is -0.161. The SMILES string of the molecule is CC/C=C\C/C=C\C/C=C\C/C=C\C/C=C\C=C/C(O)CCC(=O)OC[C@H](COP(=O)(O)OP(=O)(O)OC[C@H]1O[C@@H](n2ccc(N)nc2=O)[C@H](O)[C@@H]1O)OC(=O)CCCCCCCCCCCCCC(C)C. The Kier molecular flexibility index (Phi) is 33.8. The third-order valence-corrected chi connectivity index (χ3v) is 13.7. The molecule has 8 atom stereocenters. The van der Waals surface area contributed by atoms with E-state index in [0.29, 0.717) is 12.8 Å². The average molecular weight is 1060 g/mol. The highest BCUT2D eigenvalue weighted by atomic mass is 31.3. The number of aromatic nitrogens is 2. The molecule has 0 radical (unpaired) electrons. The number of hydrogen-bond acceptors (Lipinski definition) is 16. The van der Waals surface area contributed by atoms with Crippen molar-refractivity contribution < 1.29 is 71.4 Å². The molecule has 2 rings (SSSR count). The summed E-state index contributed by atoms with van der Waals surface area (Å²) in [4.78, 5) is 61.9. The van der Waals surface area contributed by atoms with Crippen molar-refractivity contribution in [1.29, 1.82) is 0 Å². The molecule has 1 aliphatic rings. The van der Waals surface area contributed by atoms with Crippen molar-refractivity contribution in [1.82, 2.24) is 9.55 Å². The van der Waals surface area contributed by atoms with Gasteiger partial charge in [0, 0.05) is 19.0 Å². The van der Waals surface area contributed by atoms with Crippen LogP contribution in [0.2, 0.25) is 0 Å². The number of allylic oxidation sites excluding steroid dienone is 11. The van der Waals surface area contributed by atoms with Crippen LogP contribution in [0, 0.1) is 5.92 Å². The number of nitrogens with two attached hydrogens (primary N) is 1. The van der Waals surface area contributed by atoms with Crippen LogP contribution in [0.5, 0.6) is 0 Å². The maximum atomic E-state index is 12.9. The number of anilines is 1. The molecule has 0 bridgehead atoms. The van der Waals surface area contributed by atoms with Crippen LogP contribution in [0.4, 0.5) is 5.82 Å². The highest BCUT2D eigenvalue weighted by Crippen LogP contribution is 2.60. The van der Waals surface area contributed by atoms with Crippen LogP contribution in [-0.4, -0.2) is 96.9 Å². The topological polar surface area (TPSA) is 286 Å². The number of phosphoric acid groups is 2. The van der Waals surface area contributed by atoms with Crippen LogP contribution in [0.3, 0.4) is 0 Å². The number of aliphatic hydroxyl groups is 3. The van der Waals surface area contributed by atoms with Crippen molar-refractivity contribution in [2.45, 2.75) is 186 Å². The van der Waals surface area contributed by atoms with Crippen molar-refractivity contribution in [3.63, 3.8) is 0 Å². The number of carbonyl (C=O) groups excluding carboxylic acids is 2. The van der Waals surface area contributed by atoms with Crippen LogP contribution in [-0.2, 0) is 46.3 Å². The summed E-state index contributed by atoms with van der Waals surface area (Å²) >= 11 is 0. The van der Waals surface area contributed by atoms with Gasteiger partial charge in [0.25, 0.3) is 0 Å². The minimum atomic E-state index is -5.47. The zero-order valence-electron chi connectivity index (χ0n) is 42.5. The molecule has 21 heteroatoms. The number of rotatable bonds is 40. The highest BCUT2D eigenvalue weighted by molar-refractivity contribution is 7.61. The highest BCUT2D eigenvalue weighted by Gasteiger charge is 2.46. The second kappa shape index (κ2) is 37.8. The minimum absolute atomic E-state index is 0.00166. The Bertz CT molecular complexity index is 2020. The predicted octanol–water partition coefficient (Wildman–Crippen LogP) is 9.33. The Hall–Kier alpha value is -3.84. The van der Waals surface area contributed by atoms with Crippen molar-refractivity contribution in [2.24, 2.45) is 5.92 Å². The molecule has 1 fully saturated rings. The summed E-state index contributed by atoms with van der Waals surface area (Å²) in [6.07, 6.45) is 33.3. The summed E-state index contributed by atoms with van der Waals surface area (Å²) in [6, 6.07) is 1.24. The molecule has 0 spiro atoms. The molecule has 0 aromatic carbocycles. The van der Waals surface area contributed by atoms with Crippen LogP contribution in [0.25, 0.3) is 0 Å². The van der Waals surface area contributed by atoms with E-state index in [-0.39, 0.29) is 25.1 Å². The fourth-order valence-corrected chi connectivity index (χ4v) is 9.25. The van der Waals surface area contributed by atoms with E-state index in [0.717, 1.165) is 68.0 Å². The summed E-state index contributed by atoms with van der Waals surface area (Å²) in [6.45, 7) is 4.08. The van der Waals surface area contributed by atoms with Gasteiger partial charge in [-0.2, -0.15) is 9.29 Å². The smallest absolute Gasteiger partial charge is 0.462 e. The van der Waals surface area contributed by atoms with Crippen LogP contribution < -0.4 is 11.4 Å². The lowest BCUT2D eigenvalue weighted by Gasteiger charge is -2.21. The van der Waals surface area contributed by atoms with Crippen molar-refractivity contribution in [3.05, 3.63) is 95.7 Å². The molecule has 0 amide bonds. The molecule has 1 aromatic rings. The molecular formula is C51H83N3O16P2. The Morgan fingerprint density at radius 2 is 1.31 bits per heavy atom. The Morgan fingerprint density at radius 1 is 0.750 bits per heavy atom. The lowest BCUT2D eigenvalue weighted by Crippen LogP contribution is -2.36. The molecule has 19 nitrogen and oxygen atoms in total. The van der Waals surface area contributed by atoms with Gasteiger partial charge in [-0.15, -0.1) is 0 Å².